The Balaban J connectivity index is 1.90. The lowest BCUT2D eigenvalue weighted by molar-refractivity contribution is -0.135. The molecule has 144 valence electrons. The molecule has 1 atom stereocenters. The number of amides is 5. The molecule has 0 unspecified atom stereocenters. The van der Waals surface area contributed by atoms with E-state index in [0.717, 1.165) is 10.5 Å². The molecule has 8 nitrogen and oxygen atoms in total. The molecule has 1 aliphatic heterocycles. The third-order valence-corrected chi connectivity index (χ3v) is 4.52. The van der Waals surface area contributed by atoms with Crippen LogP contribution in [0.5, 0.6) is 0 Å². The minimum absolute atomic E-state index is 0.238. The number of carbonyl (C=O) groups is 4. The summed E-state index contributed by atoms with van der Waals surface area (Å²) in [6.07, 6.45) is 0.238. The highest BCUT2D eigenvalue weighted by molar-refractivity contribution is 6.09. The van der Waals surface area contributed by atoms with Crippen LogP contribution in [0.3, 0.4) is 0 Å². The lowest BCUT2D eigenvalue weighted by Gasteiger charge is -2.27. The van der Waals surface area contributed by atoms with Gasteiger partial charge in [0.15, 0.2) is 5.54 Å². The predicted octanol–water partition coefficient (Wildman–Crippen LogP) is 0.278. The molecule has 8 heteroatoms. The lowest BCUT2D eigenvalue weighted by Crippen LogP contribution is -2.47. The Morgan fingerprint density at radius 2 is 1.61 bits per heavy atom. The SMILES string of the molecule is NC(=O)CNC(=O)CN1C(=O)N[C@@](Cc2ccccc2)(c2ccccc2)C1=O. The molecule has 0 bridgehead atoms. The standard InChI is InChI=1S/C20H20N4O4/c21-16(25)12-22-17(26)13-24-18(27)20(23-19(24)28,15-9-5-2-6-10-15)11-14-7-3-1-4-8-14/h1-10H,11-13H2,(H2,21,25)(H,22,26)(H,23,28)/t20-/m0/s1. The van der Waals surface area contributed by atoms with Gasteiger partial charge in [-0.3, -0.25) is 19.3 Å². The van der Waals surface area contributed by atoms with Crippen LogP contribution < -0.4 is 16.4 Å². The van der Waals surface area contributed by atoms with Crippen molar-refractivity contribution in [2.45, 2.75) is 12.0 Å². The highest BCUT2D eigenvalue weighted by Crippen LogP contribution is 2.32. The van der Waals surface area contributed by atoms with Crippen molar-refractivity contribution >= 4 is 23.8 Å². The molecule has 2 aromatic rings. The molecule has 1 aliphatic rings. The summed E-state index contributed by atoms with van der Waals surface area (Å²) in [5.74, 6) is -1.89. The van der Waals surface area contributed by atoms with E-state index in [1.54, 1.807) is 24.3 Å². The van der Waals surface area contributed by atoms with Crippen LogP contribution >= 0.6 is 0 Å². The second kappa shape index (κ2) is 7.91. The molecule has 28 heavy (non-hydrogen) atoms. The molecular weight excluding hydrogens is 360 g/mol. The van der Waals surface area contributed by atoms with E-state index in [4.69, 9.17) is 5.73 Å². The molecule has 1 heterocycles. The van der Waals surface area contributed by atoms with Crippen LogP contribution in [0.2, 0.25) is 0 Å². The lowest BCUT2D eigenvalue weighted by atomic mass is 9.83. The molecule has 0 spiro atoms. The number of nitrogens with two attached hydrogens (primary N) is 1. The minimum Gasteiger partial charge on any atom is -0.368 e. The first-order chi connectivity index (χ1) is 13.4. The Hall–Kier alpha value is -3.68. The van der Waals surface area contributed by atoms with E-state index in [0.29, 0.717) is 5.56 Å². The third kappa shape index (κ3) is 3.85. The van der Waals surface area contributed by atoms with Crippen molar-refractivity contribution in [1.29, 1.82) is 0 Å². The molecule has 0 radical (unpaired) electrons. The maximum atomic E-state index is 13.3. The number of rotatable bonds is 7. The van der Waals surface area contributed by atoms with E-state index in [1.165, 1.54) is 0 Å². The van der Waals surface area contributed by atoms with Crippen LogP contribution in [-0.2, 0) is 26.3 Å². The van der Waals surface area contributed by atoms with Gasteiger partial charge in [-0.2, -0.15) is 0 Å². The van der Waals surface area contributed by atoms with Gasteiger partial charge in [0.2, 0.25) is 11.8 Å². The molecular formula is C20H20N4O4. The average Bonchev–Trinajstić information content (AvgIpc) is 2.93. The highest BCUT2D eigenvalue weighted by atomic mass is 16.2. The van der Waals surface area contributed by atoms with Gasteiger partial charge in [-0.15, -0.1) is 0 Å². The van der Waals surface area contributed by atoms with Crippen molar-refractivity contribution in [3.05, 3.63) is 71.8 Å². The van der Waals surface area contributed by atoms with Crippen LogP contribution in [0, 0.1) is 0 Å². The summed E-state index contributed by atoms with van der Waals surface area (Å²) in [7, 11) is 0. The fraction of sp³-hybridized carbons (Fsp3) is 0.200. The van der Waals surface area contributed by atoms with E-state index in [9.17, 15) is 19.2 Å². The maximum Gasteiger partial charge on any atom is 0.325 e. The molecule has 0 aliphatic carbocycles. The molecule has 0 aromatic heterocycles. The van der Waals surface area contributed by atoms with Crippen molar-refractivity contribution in [2.24, 2.45) is 5.73 Å². The summed E-state index contributed by atoms with van der Waals surface area (Å²) in [4.78, 5) is 49.5. The monoisotopic (exact) mass is 380 g/mol. The summed E-state index contributed by atoms with van der Waals surface area (Å²) >= 11 is 0. The molecule has 3 rings (SSSR count). The largest absolute Gasteiger partial charge is 0.368 e. The van der Waals surface area contributed by atoms with Gasteiger partial charge in [-0.05, 0) is 11.1 Å². The number of primary amides is 1. The van der Waals surface area contributed by atoms with E-state index in [-0.39, 0.29) is 13.0 Å². The second-order valence-electron chi connectivity index (χ2n) is 6.50. The van der Waals surface area contributed by atoms with Crippen molar-refractivity contribution < 1.29 is 19.2 Å². The zero-order valence-electron chi connectivity index (χ0n) is 15.1. The average molecular weight is 380 g/mol. The summed E-state index contributed by atoms with van der Waals surface area (Å²) in [6.45, 7) is -0.863. The molecule has 0 saturated carbocycles. The Morgan fingerprint density at radius 1 is 1.00 bits per heavy atom. The van der Waals surface area contributed by atoms with Gasteiger partial charge in [-0.1, -0.05) is 60.7 Å². The van der Waals surface area contributed by atoms with Crippen LogP contribution in [0.1, 0.15) is 11.1 Å². The quantitative estimate of drug-likeness (QED) is 0.597. The zero-order valence-corrected chi connectivity index (χ0v) is 15.1. The molecule has 1 fully saturated rings. The van der Waals surface area contributed by atoms with Crippen LogP contribution in [0.4, 0.5) is 4.79 Å². The Morgan fingerprint density at radius 3 is 2.21 bits per heavy atom. The van der Waals surface area contributed by atoms with Gasteiger partial charge in [0.25, 0.3) is 5.91 Å². The number of imide groups is 1. The van der Waals surface area contributed by atoms with Gasteiger partial charge >= 0.3 is 6.03 Å². The zero-order chi connectivity index (χ0) is 20.1. The first kappa shape index (κ1) is 19.1. The van der Waals surface area contributed by atoms with E-state index in [1.807, 2.05) is 36.4 Å². The van der Waals surface area contributed by atoms with Gasteiger partial charge < -0.3 is 16.4 Å². The topological polar surface area (TPSA) is 122 Å². The van der Waals surface area contributed by atoms with Crippen LogP contribution in [0.15, 0.2) is 60.7 Å². The molecule has 1 saturated heterocycles. The summed E-state index contributed by atoms with van der Waals surface area (Å²) in [6, 6.07) is 17.5. The number of nitrogens with zero attached hydrogens (tertiary/aromatic N) is 1. The second-order valence-corrected chi connectivity index (χ2v) is 6.50. The normalized spacial score (nSPS) is 18.6. The summed E-state index contributed by atoms with van der Waals surface area (Å²) in [5, 5.41) is 5.05. The Kier molecular flexibility index (Phi) is 5.39. The Labute approximate surface area is 161 Å². The first-order valence-corrected chi connectivity index (χ1v) is 8.71. The van der Waals surface area contributed by atoms with Gasteiger partial charge in [0.05, 0.1) is 6.54 Å². The number of nitrogens with one attached hydrogen (secondary N) is 2. The summed E-state index contributed by atoms with van der Waals surface area (Å²) in [5.41, 5.74) is 5.16. The number of hydrogen-bond acceptors (Lipinski definition) is 4. The predicted molar refractivity (Wildman–Crippen MR) is 101 cm³/mol. The molecule has 5 amide bonds. The smallest absolute Gasteiger partial charge is 0.325 e. The number of carbonyl (C=O) groups excluding carboxylic acids is 4. The van der Waals surface area contributed by atoms with E-state index < -0.39 is 35.8 Å². The third-order valence-electron chi connectivity index (χ3n) is 4.52. The number of benzene rings is 2. The van der Waals surface area contributed by atoms with Crippen LogP contribution in [0.25, 0.3) is 0 Å². The van der Waals surface area contributed by atoms with Crippen LogP contribution in [-0.4, -0.2) is 41.7 Å². The van der Waals surface area contributed by atoms with Crippen molar-refractivity contribution in [3.63, 3.8) is 0 Å². The van der Waals surface area contributed by atoms with Gasteiger partial charge in [0, 0.05) is 6.42 Å². The van der Waals surface area contributed by atoms with Crippen molar-refractivity contribution in [1.82, 2.24) is 15.5 Å². The maximum absolute atomic E-state index is 13.3. The number of hydrogen-bond donors (Lipinski definition) is 3. The van der Waals surface area contributed by atoms with Crippen molar-refractivity contribution in [3.8, 4) is 0 Å². The summed E-state index contributed by atoms with van der Waals surface area (Å²) < 4.78 is 0. The Bertz CT molecular complexity index is 901. The minimum atomic E-state index is -1.32. The molecule has 4 N–H and O–H groups in total. The van der Waals surface area contributed by atoms with Crippen molar-refractivity contribution in [2.75, 3.05) is 13.1 Å². The van der Waals surface area contributed by atoms with E-state index in [2.05, 4.69) is 10.6 Å². The highest BCUT2D eigenvalue weighted by Gasteiger charge is 2.52. The fourth-order valence-corrected chi connectivity index (χ4v) is 3.20. The first-order valence-electron chi connectivity index (χ1n) is 8.71. The number of urea groups is 1. The fourth-order valence-electron chi connectivity index (χ4n) is 3.20. The molecule has 2 aromatic carbocycles. The van der Waals surface area contributed by atoms with Gasteiger partial charge in [-0.25, -0.2) is 4.79 Å². The van der Waals surface area contributed by atoms with Gasteiger partial charge in [0.1, 0.15) is 6.54 Å². The van der Waals surface area contributed by atoms with E-state index >= 15 is 0 Å².